The molecule has 1 fully saturated rings. The smallest absolute Gasteiger partial charge is 0.387 e. The molecule has 1 aliphatic rings. The van der Waals surface area contributed by atoms with Crippen molar-refractivity contribution in [2.45, 2.75) is 44.7 Å². The summed E-state index contributed by atoms with van der Waals surface area (Å²) in [6.07, 6.45) is -0.808. The number of halogens is 2. The van der Waals surface area contributed by atoms with Gasteiger partial charge in [-0.2, -0.15) is 13.8 Å². The molecule has 0 radical (unpaired) electrons. The number of rotatable bonds is 6. The third-order valence-electron chi connectivity index (χ3n) is 4.60. The molecule has 0 spiro atoms. The van der Waals surface area contributed by atoms with Gasteiger partial charge in [0.15, 0.2) is 17.4 Å². The number of ether oxygens (including phenoxy) is 3. The van der Waals surface area contributed by atoms with Crippen LogP contribution in [0.2, 0.25) is 0 Å². The Morgan fingerprint density at radius 3 is 2.55 bits per heavy atom. The van der Waals surface area contributed by atoms with Crippen molar-refractivity contribution in [2.75, 3.05) is 0 Å². The third kappa shape index (κ3) is 3.84. The second-order valence-electron chi connectivity index (χ2n) is 6.53. The Balaban J connectivity index is 1.51. The third-order valence-corrected chi connectivity index (χ3v) is 4.60. The summed E-state index contributed by atoms with van der Waals surface area (Å²) < 4.78 is 41.5. The van der Waals surface area contributed by atoms with E-state index >= 15 is 0 Å². The summed E-state index contributed by atoms with van der Waals surface area (Å²) in [7, 11) is 0. The fourth-order valence-corrected chi connectivity index (χ4v) is 3.10. The highest BCUT2D eigenvalue weighted by Gasteiger charge is 2.42. The molecule has 0 aliphatic carbocycles. The minimum absolute atomic E-state index is 0.0541. The Bertz CT molecular complexity index is 984. The standard InChI is InChI=1S/C18H18F2N4O5/c1-9-13(25)14(26)17(28-9)24-8-23-12-15(24)21-7-22-16(12)27-6-10-2-4-11(5-3-10)29-18(19)20/h2-5,7-9,13-14,17-18,25-26H,6H2,1H3/t9-,13-,14-,17-/m1/s1. The van der Waals surface area contributed by atoms with E-state index in [0.29, 0.717) is 16.7 Å². The van der Waals surface area contributed by atoms with E-state index in [1.165, 1.54) is 29.4 Å². The van der Waals surface area contributed by atoms with Crippen molar-refractivity contribution in [2.24, 2.45) is 0 Å². The molecule has 1 saturated heterocycles. The summed E-state index contributed by atoms with van der Waals surface area (Å²) >= 11 is 0. The summed E-state index contributed by atoms with van der Waals surface area (Å²) in [5, 5.41) is 20.1. The molecule has 9 nitrogen and oxygen atoms in total. The van der Waals surface area contributed by atoms with Gasteiger partial charge in [-0.05, 0) is 24.6 Å². The molecule has 1 aliphatic heterocycles. The van der Waals surface area contributed by atoms with E-state index in [0.717, 1.165) is 0 Å². The molecule has 2 aromatic heterocycles. The van der Waals surface area contributed by atoms with Gasteiger partial charge in [0.1, 0.15) is 30.9 Å². The van der Waals surface area contributed by atoms with Crippen molar-refractivity contribution in [3.05, 3.63) is 42.5 Å². The second-order valence-corrected chi connectivity index (χ2v) is 6.53. The van der Waals surface area contributed by atoms with Crippen molar-refractivity contribution in [1.29, 1.82) is 0 Å². The monoisotopic (exact) mass is 408 g/mol. The summed E-state index contributed by atoms with van der Waals surface area (Å²) in [5.41, 5.74) is 1.44. The normalized spacial score (nSPS) is 24.3. The molecule has 154 valence electrons. The number of nitrogens with zero attached hydrogens (tertiary/aromatic N) is 4. The average Bonchev–Trinajstić information content (AvgIpc) is 3.24. The summed E-state index contributed by atoms with van der Waals surface area (Å²) in [6.45, 7) is -1.10. The van der Waals surface area contributed by atoms with Gasteiger partial charge in [-0.1, -0.05) is 12.1 Å². The average molecular weight is 408 g/mol. The maximum absolute atomic E-state index is 12.2. The molecule has 3 aromatic rings. The summed E-state index contributed by atoms with van der Waals surface area (Å²) in [4.78, 5) is 12.5. The number of imidazole rings is 1. The van der Waals surface area contributed by atoms with Crippen molar-refractivity contribution >= 4 is 11.2 Å². The largest absolute Gasteiger partial charge is 0.471 e. The highest BCUT2D eigenvalue weighted by atomic mass is 19.3. The van der Waals surface area contributed by atoms with E-state index in [-0.39, 0.29) is 18.2 Å². The minimum Gasteiger partial charge on any atom is -0.471 e. The highest BCUT2D eigenvalue weighted by molar-refractivity contribution is 5.76. The van der Waals surface area contributed by atoms with Crippen molar-refractivity contribution in [3.63, 3.8) is 0 Å². The van der Waals surface area contributed by atoms with Crippen LogP contribution in [0.15, 0.2) is 36.9 Å². The van der Waals surface area contributed by atoms with Gasteiger partial charge >= 0.3 is 6.61 Å². The van der Waals surface area contributed by atoms with Gasteiger partial charge in [0.25, 0.3) is 0 Å². The fraction of sp³-hybridized carbons (Fsp3) is 0.389. The number of aromatic nitrogens is 4. The van der Waals surface area contributed by atoms with Crippen LogP contribution in [0, 0.1) is 0 Å². The molecule has 4 atom stereocenters. The van der Waals surface area contributed by atoms with Crippen LogP contribution in [-0.4, -0.2) is 54.7 Å². The molecule has 0 bridgehead atoms. The van der Waals surface area contributed by atoms with Gasteiger partial charge in [-0.3, -0.25) is 4.57 Å². The first kappa shape index (κ1) is 19.4. The van der Waals surface area contributed by atoms with Gasteiger partial charge < -0.3 is 24.4 Å². The first-order valence-electron chi connectivity index (χ1n) is 8.79. The lowest BCUT2D eigenvalue weighted by atomic mass is 10.1. The molecule has 2 N–H and O–H groups in total. The first-order chi connectivity index (χ1) is 13.9. The van der Waals surface area contributed by atoms with Gasteiger partial charge in [-0.25, -0.2) is 9.97 Å². The van der Waals surface area contributed by atoms with Crippen LogP contribution in [0.4, 0.5) is 8.78 Å². The van der Waals surface area contributed by atoms with Crippen LogP contribution in [0.1, 0.15) is 18.7 Å². The van der Waals surface area contributed by atoms with Crippen LogP contribution >= 0.6 is 0 Å². The lowest BCUT2D eigenvalue weighted by molar-refractivity contribution is -0.0498. The van der Waals surface area contributed by atoms with Crippen molar-refractivity contribution in [3.8, 4) is 11.6 Å². The highest BCUT2D eigenvalue weighted by Crippen LogP contribution is 2.32. The van der Waals surface area contributed by atoms with E-state index in [1.807, 2.05) is 0 Å². The van der Waals surface area contributed by atoms with Crippen LogP contribution in [0.25, 0.3) is 11.2 Å². The van der Waals surface area contributed by atoms with Gasteiger partial charge in [0.2, 0.25) is 5.88 Å². The first-order valence-corrected chi connectivity index (χ1v) is 8.79. The Hall–Kier alpha value is -2.89. The number of hydrogen-bond acceptors (Lipinski definition) is 8. The molecule has 0 unspecified atom stereocenters. The number of aliphatic hydroxyl groups is 2. The van der Waals surface area contributed by atoms with E-state index in [1.54, 1.807) is 19.1 Å². The molecule has 0 saturated carbocycles. The van der Waals surface area contributed by atoms with Crippen LogP contribution < -0.4 is 9.47 Å². The van der Waals surface area contributed by atoms with E-state index in [9.17, 15) is 19.0 Å². The predicted octanol–water partition coefficient (Wildman–Crippen LogP) is 1.65. The minimum atomic E-state index is -2.88. The Labute approximate surface area is 163 Å². The van der Waals surface area contributed by atoms with Gasteiger partial charge in [0, 0.05) is 0 Å². The molecule has 3 heterocycles. The number of benzene rings is 1. The Morgan fingerprint density at radius 2 is 1.90 bits per heavy atom. The quantitative estimate of drug-likeness (QED) is 0.633. The molecular formula is C18H18F2N4O5. The lowest BCUT2D eigenvalue weighted by Gasteiger charge is -2.16. The van der Waals surface area contributed by atoms with E-state index in [2.05, 4.69) is 19.7 Å². The molecule has 11 heteroatoms. The Kier molecular flexibility index (Phi) is 5.26. The zero-order chi connectivity index (χ0) is 20.5. The topological polar surface area (TPSA) is 112 Å². The Morgan fingerprint density at radius 1 is 1.14 bits per heavy atom. The van der Waals surface area contributed by atoms with Crippen LogP contribution in [0.3, 0.4) is 0 Å². The number of aliphatic hydroxyl groups excluding tert-OH is 2. The van der Waals surface area contributed by atoms with Crippen molar-refractivity contribution in [1.82, 2.24) is 19.5 Å². The van der Waals surface area contributed by atoms with Crippen LogP contribution in [-0.2, 0) is 11.3 Å². The maximum atomic E-state index is 12.2. The zero-order valence-corrected chi connectivity index (χ0v) is 15.2. The molecule has 1 aromatic carbocycles. The van der Waals surface area contributed by atoms with Gasteiger partial charge in [-0.15, -0.1) is 0 Å². The molecular weight excluding hydrogens is 390 g/mol. The number of fused-ring (bicyclic) bond motifs is 1. The lowest BCUT2D eigenvalue weighted by Crippen LogP contribution is -2.30. The SMILES string of the molecule is C[C@H]1O[C@@H](n2cnc3c(OCc4ccc(OC(F)F)cc4)ncnc32)[C@H](O)[C@@H]1O. The van der Waals surface area contributed by atoms with Gasteiger partial charge in [0.05, 0.1) is 12.4 Å². The molecule has 4 rings (SSSR count). The second kappa shape index (κ2) is 7.85. The molecule has 0 amide bonds. The number of alkyl halides is 2. The zero-order valence-electron chi connectivity index (χ0n) is 15.2. The van der Waals surface area contributed by atoms with Crippen molar-refractivity contribution < 1.29 is 33.2 Å². The van der Waals surface area contributed by atoms with E-state index in [4.69, 9.17) is 9.47 Å². The van der Waals surface area contributed by atoms with Crippen LogP contribution in [0.5, 0.6) is 11.6 Å². The fourth-order valence-electron chi connectivity index (χ4n) is 3.10. The number of hydrogen-bond donors (Lipinski definition) is 2. The summed E-state index contributed by atoms with van der Waals surface area (Å²) in [6, 6.07) is 6.03. The molecule has 29 heavy (non-hydrogen) atoms. The predicted molar refractivity (Wildman–Crippen MR) is 94.3 cm³/mol. The maximum Gasteiger partial charge on any atom is 0.387 e. The van der Waals surface area contributed by atoms with E-state index < -0.39 is 31.2 Å². The summed E-state index contributed by atoms with van der Waals surface area (Å²) in [5.74, 6) is 0.265.